The van der Waals surface area contributed by atoms with Gasteiger partial charge in [-0.2, -0.15) is 0 Å². The second kappa shape index (κ2) is 8.11. The first-order valence-corrected chi connectivity index (χ1v) is 6.25. The molecule has 0 bridgehead atoms. The van der Waals surface area contributed by atoms with E-state index >= 15 is 0 Å². The molecule has 0 saturated heterocycles. The predicted molar refractivity (Wildman–Crippen MR) is 68.0 cm³/mol. The highest BCUT2D eigenvalue weighted by atomic mass is 32.2. The van der Waals surface area contributed by atoms with Crippen molar-refractivity contribution < 1.29 is 14.3 Å². The van der Waals surface area contributed by atoms with Gasteiger partial charge in [-0.25, -0.2) is 0 Å². The van der Waals surface area contributed by atoms with Crippen molar-refractivity contribution >= 4 is 17.7 Å². The molecule has 0 radical (unpaired) electrons. The fraction of sp³-hybridized carbons (Fsp3) is 0.417. The summed E-state index contributed by atoms with van der Waals surface area (Å²) in [5, 5.41) is 2.75. The van der Waals surface area contributed by atoms with Gasteiger partial charge >= 0.3 is 0 Å². The number of ether oxygens (including phenoxy) is 2. The molecule has 5 heteroatoms. The number of thioether (sulfide) groups is 1. The fourth-order valence-electron chi connectivity index (χ4n) is 1.18. The Bertz CT molecular complexity index is 328. The quantitative estimate of drug-likeness (QED) is 0.592. The van der Waals surface area contributed by atoms with Gasteiger partial charge in [-0.3, -0.25) is 4.79 Å². The van der Waals surface area contributed by atoms with Crippen molar-refractivity contribution in [3.63, 3.8) is 0 Å². The molecule has 0 spiro atoms. The molecule has 94 valence electrons. The third kappa shape index (κ3) is 5.72. The average Bonchev–Trinajstić information content (AvgIpc) is 2.39. The molecule has 1 aromatic carbocycles. The summed E-state index contributed by atoms with van der Waals surface area (Å²) in [4.78, 5) is 12.6. The van der Waals surface area contributed by atoms with Gasteiger partial charge in [-0.15, -0.1) is 11.8 Å². The first-order valence-electron chi connectivity index (χ1n) is 5.26. The number of nitrogens with one attached hydrogen (secondary N) is 1. The van der Waals surface area contributed by atoms with E-state index in [1.54, 1.807) is 14.2 Å². The van der Waals surface area contributed by atoms with Crippen molar-refractivity contribution in [2.75, 3.05) is 26.5 Å². The van der Waals surface area contributed by atoms with Crippen LogP contribution < -0.4 is 5.32 Å². The Morgan fingerprint density at radius 1 is 1.29 bits per heavy atom. The van der Waals surface area contributed by atoms with Crippen molar-refractivity contribution in [1.29, 1.82) is 0 Å². The van der Waals surface area contributed by atoms with Crippen LogP contribution in [0, 0.1) is 0 Å². The van der Waals surface area contributed by atoms with Crippen LogP contribution in [0.4, 0.5) is 0 Å². The summed E-state index contributed by atoms with van der Waals surface area (Å²) in [5.41, 5.74) is 0. The molecule has 0 aromatic heterocycles. The first-order chi connectivity index (χ1) is 8.26. The molecule has 0 aliphatic rings. The van der Waals surface area contributed by atoms with Gasteiger partial charge in [-0.05, 0) is 12.1 Å². The standard InChI is InChI=1S/C12H17NO3S/c1-15-12(16-2)8-13-11(14)9-17-10-6-4-3-5-7-10/h3-7,12H,8-9H2,1-2H3,(H,13,14). The molecule has 4 nitrogen and oxygen atoms in total. The lowest BCUT2D eigenvalue weighted by molar-refractivity contribution is -0.125. The molecular formula is C12H17NO3S. The number of carbonyl (C=O) groups is 1. The van der Waals surface area contributed by atoms with E-state index in [2.05, 4.69) is 5.32 Å². The third-order valence-corrected chi connectivity index (χ3v) is 3.12. The van der Waals surface area contributed by atoms with Gasteiger partial charge in [-0.1, -0.05) is 18.2 Å². The van der Waals surface area contributed by atoms with Crippen LogP contribution in [0.3, 0.4) is 0 Å². The lowest BCUT2D eigenvalue weighted by Gasteiger charge is -2.13. The normalized spacial score (nSPS) is 10.5. The van der Waals surface area contributed by atoms with E-state index in [0.717, 1.165) is 4.90 Å². The number of rotatable bonds is 7. The van der Waals surface area contributed by atoms with Gasteiger partial charge in [0.1, 0.15) is 0 Å². The molecule has 0 heterocycles. The predicted octanol–water partition coefficient (Wildman–Crippen LogP) is 1.51. The molecule has 0 saturated carbocycles. The molecule has 0 fully saturated rings. The molecule has 0 atom stereocenters. The van der Waals surface area contributed by atoms with E-state index in [9.17, 15) is 4.79 Å². The van der Waals surface area contributed by atoms with E-state index in [4.69, 9.17) is 9.47 Å². The molecule has 0 aliphatic heterocycles. The number of carbonyl (C=O) groups excluding carboxylic acids is 1. The van der Waals surface area contributed by atoms with Gasteiger partial charge in [0.05, 0.1) is 12.3 Å². The van der Waals surface area contributed by atoms with Crippen molar-refractivity contribution in [1.82, 2.24) is 5.32 Å². The summed E-state index contributed by atoms with van der Waals surface area (Å²) in [7, 11) is 3.08. The van der Waals surface area contributed by atoms with Crippen LogP contribution >= 0.6 is 11.8 Å². The second-order valence-electron chi connectivity index (χ2n) is 3.31. The van der Waals surface area contributed by atoms with E-state index in [1.165, 1.54) is 11.8 Å². The second-order valence-corrected chi connectivity index (χ2v) is 4.36. The molecule has 0 unspecified atom stereocenters. The highest BCUT2D eigenvalue weighted by Crippen LogP contribution is 2.16. The van der Waals surface area contributed by atoms with Crippen LogP contribution in [0.15, 0.2) is 35.2 Å². The number of amides is 1. The van der Waals surface area contributed by atoms with Gasteiger partial charge in [0.25, 0.3) is 0 Å². The number of methoxy groups -OCH3 is 2. The summed E-state index contributed by atoms with van der Waals surface area (Å²) in [6.07, 6.45) is -0.388. The Labute approximate surface area is 106 Å². The smallest absolute Gasteiger partial charge is 0.230 e. The van der Waals surface area contributed by atoms with Crippen LogP contribution in [-0.2, 0) is 14.3 Å². The molecule has 17 heavy (non-hydrogen) atoms. The summed E-state index contributed by atoms with van der Waals surface area (Å²) < 4.78 is 9.94. The summed E-state index contributed by atoms with van der Waals surface area (Å²) in [6.45, 7) is 0.362. The minimum absolute atomic E-state index is 0.0297. The van der Waals surface area contributed by atoms with Crippen molar-refractivity contribution in [3.8, 4) is 0 Å². The van der Waals surface area contributed by atoms with E-state index in [-0.39, 0.29) is 12.2 Å². The summed E-state index contributed by atoms with van der Waals surface area (Å²) in [5.74, 6) is 0.363. The van der Waals surface area contributed by atoms with Crippen LogP contribution in [0.5, 0.6) is 0 Å². The lowest BCUT2D eigenvalue weighted by atomic mass is 10.4. The highest BCUT2D eigenvalue weighted by Gasteiger charge is 2.07. The number of benzene rings is 1. The molecular weight excluding hydrogens is 238 g/mol. The maximum absolute atomic E-state index is 11.5. The maximum atomic E-state index is 11.5. The average molecular weight is 255 g/mol. The van der Waals surface area contributed by atoms with Crippen molar-refractivity contribution in [3.05, 3.63) is 30.3 Å². The van der Waals surface area contributed by atoms with Crippen LogP contribution in [0.1, 0.15) is 0 Å². The van der Waals surface area contributed by atoms with E-state index in [0.29, 0.717) is 12.3 Å². The number of hydrogen-bond donors (Lipinski definition) is 1. The van der Waals surface area contributed by atoms with Crippen molar-refractivity contribution in [2.45, 2.75) is 11.2 Å². The van der Waals surface area contributed by atoms with Crippen LogP contribution in [0.25, 0.3) is 0 Å². The van der Waals surface area contributed by atoms with E-state index in [1.807, 2.05) is 30.3 Å². The SMILES string of the molecule is COC(CNC(=O)CSc1ccccc1)OC. The molecule has 1 rings (SSSR count). The zero-order valence-corrected chi connectivity index (χ0v) is 10.8. The molecule has 1 N–H and O–H groups in total. The fourth-order valence-corrected chi connectivity index (χ4v) is 1.93. The Morgan fingerprint density at radius 3 is 2.53 bits per heavy atom. The van der Waals surface area contributed by atoms with E-state index < -0.39 is 0 Å². The first kappa shape index (κ1) is 14.0. The Hall–Kier alpha value is -1.04. The molecule has 0 aliphatic carbocycles. The summed E-state index contributed by atoms with van der Waals surface area (Å²) >= 11 is 1.50. The van der Waals surface area contributed by atoms with Crippen molar-refractivity contribution in [2.24, 2.45) is 0 Å². The largest absolute Gasteiger partial charge is 0.354 e. The highest BCUT2D eigenvalue weighted by molar-refractivity contribution is 8.00. The topological polar surface area (TPSA) is 47.6 Å². The lowest BCUT2D eigenvalue weighted by Crippen LogP contribution is -2.35. The zero-order chi connectivity index (χ0) is 12.5. The third-order valence-electron chi connectivity index (χ3n) is 2.10. The van der Waals surface area contributed by atoms with Crippen LogP contribution in [0.2, 0.25) is 0 Å². The Kier molecular flexibility index (Phi) is 6.69. The summed E-state index contributed by atoms with van der Waals surface area (Å²) in [6, 6.07) is 9.81. The molecule has 1 amide bonds. The van der Waals surface area contributed by atoms with Gasteiger partial charge in [0.2, 0.25) is 5.91 Å². The minimum atomic E-state index is -0.388. The maximum Gasteiger partial charge on any atom is 0.230 e. The van der Waals surface area contributed by atoms with Gasteiger partial charge in [0.15, 0.2) is 6.29 Å². The monoisotopic (exact) mass is 255 g/mol. The van der Waals surface area contributed by atoms with Gasteiger partial charge in [0, 0.05) is 19.1 Å². The van der Waals surface area contributed by atoms with Gasteiger partial charge < -0.3 is 14.8 Å². The zero-order valence-electron chi connectivity index (χ0n) is 10.0. The number of hydrogen-bond acceptors (Lipinski definition) is 4. The molecule has 1 aromatic rings. The van der Waals surface area contributed by atoms with Crippen LogP contribution in [-0.4, -0.2) is 38.7 Å². The Morgan fingerprint density at radius 2 is 1.94 bits per heavy atom. The Balaban J connectivity index is 2.22. The minimum Gasteiger partial charge on any atom is -0.354 e.